The van der Waals surface area contributed by atoms with E-state index in [9.17, 15) is 62.9 Å². The van der Waals surface area contributed by atoms with Gasteiger partial charge in [0.1, 0.15) is 24.7 Å². The number of ether oxygens (including phenoxy) is 2. The predicted molar refractivity (Wildman–Crippen MR) is 129 cm³/mol. The van der Waals surface area contributed by atoms with E-state index in [1.165, 1.54) is 18.2 Å². The fraction of sp³-hybridized carbons (Fsp3) is 0.308. The molecule has 43 heavy (non-hydrogen) atoms. The maximum atomic E-state index is 13.0. The van der Waals surface area contributed by atoms with Crippen LogP contribution in [0.25, 0.3) is 11.1 Å². The van der Waals surface area contributed by atoms with Gasteiger partial charge in [0.05, 0.1) is 0 Å². The highest BCUT2D eigenvalue weighted by atomic mass is 32.2. The minimum atomic E-state index is -6.10. The molecule has 2 N–H and O–H groups in total. The first-order valence-corrected chi connectivity index (χ1v) is 12.5. The summed E-state index contributed by atoms with van der Waals surface area (Å²) in [4.78, 5) is 0.807. The van der Waals surface area contributed by atoms with E-state index in [0.717, 1.165) is 24.3 Å². The molecule has 0 atom stereocenters. The molecule has 0 aliphatic heterocycles. The molecule has 0 aliphatic carbocycles. The van der Waals surface area contributed by atoms with Crippen molar-refractivity contribution in [1.82, 2.24) is 0 Å². The minimum absolute atomic E-state index is 0.281. The lowest BCUT2D eigenvalue weighted by Crippen LogP contribution is -2.60. The summed E-state index contributed by atoms with van der Waals surface area (Å²) < 4.78 is 165. The number of alkyl halides is 12. The summed E-state index contributed by atoms with van der Waals surface area (Å²) in [7, 11) is 0. The predicted octanol–water partition coefficient (Wildman–Crippen LogP) is 7.06. The summed E-state index contributed by atoms with van der Waals surface area (Å²) in [6.07, 6.45) is -24.3. The van der Waals surface area contributed by atoms with Gasteiger partial charge in [-0.25, -0.2) is 0 Å². The Morgan fingerprint density at radius 3 is 1.40 bits per heavy atom. The molecule has 0 radical (unpaired) electrons. The van der Waals surface area contributed by atoms with Crippen molar-refractivity contribution in [3.05, 3.63) is 72.8 Å². The van der Waals surface area contributed by atoms with E-state index in [0.29, 0.717) is 27.1 Å². The smallest absolute Gasteiger partial charge is 0.429 e. The number of hydrogen-bond acceptors (Lipinski definition) is 4. The van der Waals surface area contributed by atoms with Crippen molar-refractivity contribution in [1.29, 1.82) is 0 Å². The molecular formula is C26H19F12O4S+. The Bertz CT molecular complexity index is 1340. The van der Waals surface area contributed by atoms with Gasteiger partial charge in [-0.05, 0) is 48.0 Å². The topological polar surface area (TPSA) is 58.9 Å². The fourth-order valence-electron chi connectivity index (χ4n) is 3.33. The Hall–Kier alpha value is -3.31. The van der Waals surface area contributed by atoms with E-state index in [1.807, 2.05) is 0 Å². The Kier molecular flexibility index (Phi) is 9.54. The largest absolute Gasteiger partial charge is 0.490 e. The molecule has 0 spiro atoms. The maximum absolute atomic E-state index is 13.0. The molecule has 0 amide bonds. The second kappa shape index (κ2) is 12.0. The average Bonchev–Trinajstić information content (AvgIpc) is 2.89. The second-order valence-corrected chi connectivity index (χ2v) is 10.2. The van der Waals surface area contributed by atoms with Gasteiger partial charge in [-0.2, -0.15) is 52.7 Å². The number of hydrogen-bond donors (Lipinski definition) is 2. The highest BCUT2D eigenvalue weighted by Crippen LogP contribution is 2.44. The molecule has 3 aromatic carbocycles. The van der Waals surface area contributed by atoms with Crippen LogP contribution in [0.5, 0.6) is 11.5 Å². The van der Waals surface area contributed by atoms with Crippen LogP contribution in [0.4, 0.5) is 52.7 Å². The van der Waals surface area contributed by atoms with Crippen molar-refractivity contribution in [2.75, 3.05) is 13.2 Å². The molecular weight excluding hydrogens is 636 g/mol. The van der Waals surface area contributed by atoms with Crippen molar-refractivity contribution in [3.63, 3.8) is 0 Å². The van der Waals surface area contributed by atoms with Crippen LogP contribution in [0, 0.1) is 0 Å². The zero-order valence-electron chi connectivity index (χ0n) is 21.0. The molecule has 0 saturated heterocycles. The molecule has 4 nitrogen and oxygen atoms in total. The van der Waals surface area contributed by atoms with Crippen LogP contribution in [0.3, 0.4) is 0 Å². The summed E-state index contributed by atoms with van der Waals surface area (Å²) in [6, 6.07) is 16.0. The van der Waals surface area contributed by atoms with Crippen LogP contribution in [-0.4, -0.2) is 59.3 Å². The third kappa shape index (κ3) is 7.44. The molecule has 0 fully saturated rings. The normalized spacial score (nSPS) is 13.6. The fourth-order valence-corrected chi connectivity index (χ4v) is 4.37. The van der Waals surface area contributed by atoms with Crippen molar-refractivity contribution in [2.45, 2.75) is 45.7 Å². The zero-order chi connectivity index (χ0) is 32.5. The van der Waals surface area contributed by atoms with Gasteiger partial charge >= 0.3 is 24.7 Å². The van der Waals surface area contributed by atoms with Crippen LogP contribution in [0.1, 0.15) is 0 Å². The SMILES string of the molecule is OC(COc1ccc([SH+]c2ccc(OCC(O)(C(F)(F)F)C(F)(F)F)cc2-c2ccccc2)cc1)(C(F)(F)F)C(F)(F)F. The van der Waals surface area contributed by atoms with E-state index in [4.69, 9.17) is 4.74 Å². The molecule has 0 heterocycles. The molecule has 3 aromatic rings. The molecule has 0 saturated carbocycles. The molecule has 3 rings (SSSR count). The molecule has 0 aliphatic rings. The lowest BCUT2D eigenvalue weighted by atomic mass is 10.0. The number of aliphatic hydroxyl groups is 2. The first-order chi connectivity index (χ1) is 19.6. The first-order valence-electron chi connectivity index (χ1n) is 11.6. The maximum Gasteiger partial charge on any atom is 0.429 e. The summed E-state index contributed by atoms with van der Waals surface area (Å²) >= 11 is 0.335. The van der Waals surface area contributed by atoms with E-state index in [1.54, 1.807) is 30.3 Å². The van der Waals surface area contributed by atoms with Crippen LogP contribution in [0.15, 0.2) is 82.6 Å². The molecule has 0 unspecified atom stereocenters. The number of rotatable bonds is 9. The van der Waals surface area contributed by atoms with E-state index in [2.05, 4.69) is 4.74 Å². The Morgan fingerprint density at radius 2 is 0.953 bits per heavy atom. The highest BCUT2D eigenvalue weighted by molar-refractivity contribution is 7.78. The van der Waals surface area contributed by atoms with Gasteiger partial charge in [0.15, 0.2) is 9.79 Å². The van der Waals surface area contributed by atoms with E-state index in [-0.39, 0.29) is 5.56 Å². The minimum Gasteiger partial charge on any atom is -0.490 e. The van der Waals surface area contributed by atoms with Gasteiger partial charge in [0.2, 0.25) is 0 Å². The Morgan fingerprint density at radius 1 is 0.535 bits per heavy atom. The number of thiol groups is 1. The van der Waals surface area contributed by atoms with Crippen LogP contribution < -0.4 is 9.47 Å². The lowest BCUT2D eigenvalue weighted by Gasteiger charge is -2.31. The highest BCUT2D eigenvalue weighted by Gasteiger charge is 2.72. The van der Waals surface area contributed by atoms with Crippen molar-refractivity contribution >= 4 is 11.8 Å². The van der Waals surface area contributed by atoms with Crippen LogP contribution in [0.2, 0.25) is 0 Å². The Balaban J connectivity index is 1.85. The summed E-state index contributed by atoms with van der Waals surface area (Å²) in [5.41, 5.74) is -9.54. The summed E-state index contributed by atoms with van der Waals surface area (Å²) in [5, 5.41) is 18.6. The van der Waals surface area contributed by atoms with Crippen LogP contribution in [-0.2, 0) is 11.8 Å². The Labute approximate surface area is 238 Å². The van der Waals surface area contributed by atoms with E-state index >= 15 is 0 Å². The number of halogens is 12. The van der Waals surface area contributed by atoms with Gasteiger partial charge in [-0.1, -0.05) is 30.3 Å². The van der Waals surface area contributed by atoms with Crippen molar-refractivity contribution < 1.29 is 72.4 Å². The average molecular weight is 655 g/mol. The molecule has 17 heteroatoms. The van der Waals surface area contributed by atoms with Gasteiger partial charge in [-0.3, -0.25) is 0 Å². The second-order valence-electron chi connectivity index (χ2n) is 8.94. The monoisotopic (exact) mass is 655 g/mol. The zero-order valence-corrected chi connectivity index (χ0v) is 21.9. The third-order valence-corrected chi connectivity index (χ3v) is 7.10. The standard InChI is InChI=1S/C26H18F12O4S/c27-23(28,29)21(39,24(30,31)32)13-41-16-6-9-18(10-7-16)43-20-11-8-17(12-19(20)15-4-2-1-3-5-15)42-14-22(40,25(33,34)35)26(36,37)38/h1-12,39-40H,13-14H2/p+1. The lowest BCUT2D eigenvalue weighted by molar-refractivity contribution is -0.374. The third-order valence-electron chi connectivity index (χ3n) is 5.91. The molecule has 236 valence electrons. The molecule has 0 bridgehead atoms. The van der Waals surface area contributed by atoms with Crippen molar-refractivity contribution in [2.24, 2.45) is 0 Å². The summed E-state index contributed by atoms with van der Waals surface area (Å²) in [6.45, 7) is -4.36. The van der Waals surface area contributed by atoms with Gasteiger partial charge in [-0.15, -0.1) is 0 Å². The van der Waals surface area contributed by atoms with Crippen molar-refractivity contribution in [3.8, 4) is 22.6 Å². The first kappa shape index (κ1) is 34.2. The van der Waals surface area contributed by atoms with Gasteiger partial charge in [0, 0.05) is 17.3 Å². The van der Waals surface area contributed by atoms with Gasteiger partial charge in [0.25, 0.3) is 11.2 Å². The summed E-state index contributed by atoms with van der Waals surface area (Å²) in [5.74, 6) is -0.894. The van der Waals surface area contributed by atoms with Gasteiger partial charge < -0.3 is 19.7 Å². The van der Waals surface area contributed by atoms with E-state index < -0.39 is 60.6 Å². The molecule has 0 aromatic heterocycles. The quantitative estimate of drug-likeness (QED) is 0.147. The number of benzene rings is 3. The van der Waals surface area contributed by atoms with Crippen LogP contribution >= 0.6 is 0 Å².